The van der Waals surface area contributed by atoms with Gasteiger partial charge in [-0.1, -0.05) is 12.2 Å². The van der Waals surface area contributed by atoms with Crippen LogP contribution in [0.1, 0.15) is 33.1 Å². The number of amides is 1. The van der Waals surface area contributed by atoms with Crippen molar-refractivity contribution < 1.29 is 13.6 Å². The summed E-state index contributed by atoms with van der Waals surface area (Å²) in [6.45, 7) is 2.15. The van der Waals surface area contributed by atoms with Gasteiger partial charge in [-0.3, -0.25) is 4.79 Å². The number of allylic oxidation sites excluding steroid dienone is 2. The van der Waals surface area contributed by atoms with E-state index in [1.807, 2.05) is 12.2 Å². The van der Waals surface area contributed by atoms with Gasteiger partial charge in [0.15, 0.2) is 0 Å². The van der Waals surface area contributed by atoms with Gasteiger partial charge in [0.05, 0.1) is 6.04 Å². The summed E-state index contributed by atoms with van der Waals surface area (Å²) in [4.78, 5) is 11.6. The van der Waals surface area contributed by atoms with Gasteiger partial charge in [0.2, 0.25) is 5.91 Å². The van der Waals surface area contributed by atoms with Crippen LogP contribution in [0.4, 0.5) is 8.78 Å². The van der Waals surface area contributed by atoms with Crippen molar-refractivity contribution in [1.29, 1.82) is 0 Å². The molecule has 1 aliphatic rings. The Kier molecular flexibility index (Phi) is 3.83. The summed E-state index contributed by atoms with van der Waals surface area (Å²) in [5, 5.41) is 2.37. The fourth-order valence-corrected chi connectivity index (χ4v) is 1.49. The van der Waals surface area contributed by atoms with Crippen LogP contribution in [0.5, 0.6) is 0 Å². The van der Waals surface area contributed by atoms with E-state index in [2.05, 4.69) is 5.32 Å². The lowest BCUT2D eigenvalue weighted by atomic mass is 9.93. The highest BCUT2D eigenvalue weighted by Gasteiger charge is 2.32. The first-order valence-electron chi connectivity index (χ1n) is 5.24. The number of halogens is 2. The summed E-state index contributed by atoms with van der Waals surface area (Å²) in [7, 11) is 0. The fourth-order valence-electron chi connectivity index (χ4n) is 1.49. The van der Waals surface area contributed by atoms with Crippen molar-refractivity contribution >= 4 is 5.91 Å². The van der Waals surface area contributed by atoms with E-state index in [4.69, 9.17) is 0 Å². The number of nitrogens with one attached hydrogen (secondary N) is 1. The summed E-state index contributed by atoms with van der Waals surface area (Å²) in [6.07, 6.45) is 6.22. The number of rotatable bonds is 3. The Hall–Kier alpha value is -0.930. The zero-order valence-electron chi connectivity index (χ0n) is 9.09. The molecule has 2 atom stereocenters. The second kappa shape index (κ2) is 4.73. The van der Waals surface area contributed by atoms with Crippen LogP contribution in [0, 0.1) is 5.92 Å². The van der Waals surface area contributed by atoms with E-state index in [1.54, 1.807) is 0 Å². The zero-order chi connectivity index (χ0) is 11.5. The first-order chi connectivity index (χ1) is 6.91. The van der Waals surface area contributed by atoms with Crippen LogP contribution in [-0.2, 0) is 4.79 Å². The molecule has 0 aliphatic heterocycles. The lowest BCUT2D eigenvalue weighted by Gasteiger charge is -2.24. The van der Waals surface area contributed by atoms with Crippen LogP contribution < -0.4 is 5.32 Å². The van der Waals surface area contributed by atoms with E-state index in [0.717, 1.165) is 19.8 Å². The van der Waals surface area contributed by atoms with E-state index >= 15 is 0 Å². The molecule has 1 rings (SSSR count). The molecule has 1 amide bonds. The van der Waals surface area contributed by atoms with E-state index in [9.17, 15) is 13.6 Å². The lowest BCUT2D eigenvalue weighted by Crippen LogP contribution is -2.46. The van der Waals surface area contributed by atoms with Crippen LogP contribution in [-0.4, -0.2) is 17.9 Å². The van der Waals surface area contributed by atoms with Crippen LogP contribution in [0.15, 0.2) is 12.2 Å². The number of carbonyl (C=O) groups is 1. The number of alkyl halides is 2. The minimum Gasteiger partial charge on any atom is -0.347 e. The second-order valence-corrected chi connectivity index (χ2v) is 4.17. The average molecular weight is 217 g/mol. The summed E-state index contributed by atoms with van der Waals surface area (Å²) in [5.74, 6) is -3.26. The molecule has 86 valence electrons. The first-order valence-corrected chi connectivity index (χ1v) is 5.24. The van der Waals surface area contributed by atoms with Gasteiger partial charge in [0.25, 0.3) is 5.92 Å². The Balaban J connectivity index is 2.45. The van der Waals surface area contributed by atoms with Crippen LogP contribution in [0.3, 0.4) is 0 Å². The average Bonchev–Trinajstić information content (AvgIpc) is 2.17. The van der Waals surface area contributed by atoms with Crippen molar-refractivity contribution in [1.82, 2.24) is 5.32 Å². The Morgan fingerprint density at radius 3 is 2.67 bits per heavy atom. The van der Waals surface area contributed by atoms with Gasteiger partial charge < -0.3 is 5.32 Å². The molecule has 0 spiro atoms. The van der Waals surface area contributed by atoms with E-state index in [0.29, 0.717) is 6.42 Å². The maximum atomic E-state index is 12.8. The summed E-state index contributed by atoms with van der Waals surface area (Å²) >= 11 is 0. The molecule has 0 fully saturated rings. The molecule has 0 aromatic heterocycles. The minimum atomic E-state index is -2.86. The van der Waals surface area contributed by atoms with Crippen molar-refractivity contribution in [2.75, 3.05) is 0 Å². The van der Waals surface area contributed by atoms with Crippen molar-refractivity contribution in [3.8, 4) is 0 Å². The molecule has 1 N–H and O–H groups in total. The molecule has 0 unspecified atom stereocenters. The van der Waals surface area contributed by atoms with E-state index in [1.165, 1.54) is 6.92 Å². The lowest BCUT2D eigenvalue weighted by molar-refractivity contribution is -0.128. The standard InChI is InChI=1S/C11H17F2NO/c1-8(11(2,12)13)14-10(15)9-6-4-3-5-7-9/h3-4,8-9H,5-7H2,1-2H3,(H,14,15)/t8-,9-/m1/s1. The molecule has 0 saturated carbocycles. The quantitative estimate of drug-likeness (QED) is 0.723. The number of carbonyl (C=O) groups excluding carboxylic acids is 1. The number of hydrogen-bond acceptors (Lipinski definition) is 1. The molecule has 0 radical (unpaired) electrons. The van der Waals surface area contributed by atoms with Gasteiger partial charge in [-0.25, -0.2) is 8.78 Å². The highest BCUT2D eigenvalue weighted by molar-refractivity contribution is 5.79. The predicted molar refractivity (Wildman–Crippen MR) is 54.7 cm³/mol. The summed E-state index contributed by atoms with van der Waals surface area (Å²) in [6, 6.07) is -1.10. The SMILES string of the molecule is C[C@@H](NC(=O)[C@@H]1CC=CCC1)C(C)(F)F. The molecule has 0 saturated heterocycles. The molecule has 0 bridgehead atoms. The molecular weight excluding hydrogens is 200 g/mol. The maximum absolute atomic E-state index is 12.8. The van der Waals surface area contributed by atoms with E-state index in [-0.39, 0.29) is 11.8 Å². The topological polar surface area (TPSA) is 29.1 Å². The first kappa shape index (κ1) is 12.1. The summed E-state index contributed by atoms with van der Waals surface area (Å²) in [5.41, 5.74) is 0. The van der Waals surface area contributed by atoms with Crippen molar-refractivity contribution in [3.05, 3.63) is 12.2 Å². The molecule has 2 nitrogen and oxygen atoms in total. The molecule has 0 aromatic rings. The van der Waals surface area contributed by atoms with Crippen LogP contribution in [0.2, 0.25) is 0 Å². The van der Waals surface area contributed by atoms with Gasteiger partial charge in [-0.15, -0.1) is 0 Å². The Morgan fingerprint density at radius 2 is 2.20 bits per heavy atom. The normalized spacial score (nSPS) is 23.6. The van der Waals surface area contributed by atoms with Gasteiger partial charge in [0, 0.05) is 12.8 Å². The molecule has 0 heterocycles. The number of hydrogen-bond donors (Lipinski definition) is 1. The smallest absolute Gasteiger partial charge is 0.264 e. The third kappa shape index (κ3) is 3.61. The van der Waals surface area contributed by atoms with E-state index < -0.39 is 12.0 Å². The molecular formula is C11H17F2NO. The van der Waals surface area contributed by atoms with Gasteiger partial charge in [-0.2, -0.15) is 0 Å². The van der Waals surface area contributed by atoms with Crippen molar-refractivity contribution in [2.24, 2.45) is 5.92 Å². The largest absolute Gasteiger partial charge is 0.347 e. The van der Waals surface area contributed by atoms with Crippen LogP contribution >= 0.6 is 0 Å². The van der Waals surface area contributed by atoms with Crippen LogP contribution in [0.25, 0.3) is 0 Å². The Morgan fingerprint density at radius 1 is 1.53 bits per heavy atom. The third-order valence-corrected chi connectivity index (χ3v) is 2.76. The maximum Gasteiger partial charge on any atom is 0.264 e. The van der Waals surface area contributed by atoms with Gasteiger partial charge in [-0.05, 0) is 26.2 Å². The highest BCUT2D eigenvalue weighted by atomic mass is 19.3. The Labute approximate surface area is 88.7 Å². The molecule has 4 heteroatoms. The Bertz CT molecular complexity index is 258. The van der Waals surface area contributed by atoms with Gasteiger partial charge >= 0.3 is 0 Å². The molecule has 1 aliphatic carbocycles. The highest BCUT2D eigenvalue weighted by Crippen LogP contribution is 2.21. The summed E-state index contributed by atoms with van der Waals surface area (Å²) < 4.78 is 25.6. The minimum absolute atomic E-state index is 0.139. The molecule has 15 heavy (non-hydrogen) atoms. The van der Waals surface area contributed by atoms with Gasteiger partial charge in [0.1, 0.15) is 0 Å². The zero-order valence-corrected chi connectivity index (χ0v) is 9.09. The fraction of sp³-hybridized carbons (Fsp3) is 0.727. The second-order valence-electron chi connectivity index (χ2n) is 4.17. The molecule has 0 aromatic carbocycles. The predicted octanol–water partition coefficient (Wildman–Crippen LogP) is 2.50. The monoisotopic (exact) mass is 217 g/mol. The van der Waals surface area contributed by atoms with Crippen molar-refractivity contribution in [3.63, 3.8) is 0 Å². The van der Waals surface area contributed by atoms with Crippen molar-refractivity contribution in [2.45, 2.75) is 45.1 Å². The third-order valence-electron chi connectivity index (χ3n) is 2.76.